The Morgan fingerprint density at radius 1 is 1.17 bits per heavy atom. The molecule has 1 aliphatic carbocycles. The minimum absolute atomic E-state index is 0.0320. The lowest BCUT2D eigenvalue weighted by Crippen LogP contribution is -2.19. The molecule has 158 valence electrons. The van der Waals surface area contributed by atoms with Gasteiger partial charge in [-0.1, -0.05) is 6.92 Å². The fourth-order valence-electron chi connectivity index (χ4n) is 3.70. The van der Waals surface area contributed by atoms with Crippen molar-refractivity contribution in [2.24, 2.45) is 5.92 Å². The van der Waals surface area contributed by atoms with Crippen LogP contribution in [0.3, 0.4) is 0 Å². The van der Waals surface area contributed by atoms with Crippen LogP contribution in [0.1, 0.15) is 38.6 Å². The highest BCUT2D eigenvalue weighted by Crippen LogP contribution is 2.35. The molecule has 0 aliphatic heterocycles. The smallest absolute Gasteiger partial charge is 0.387 e. The van der Waals surface area contributed by atoms with E-state index in [1.165, 1.54) is 16.8 Å². The zero-order chi connectivity index (χ0) is 21.2. The van der Waals surface area contributed by atoms with Gasteiger partial charge < -0.3 is 9.67 Å². The van der Waals surface area contributed by atoms with Gasteiger partial charge >= 0.3 is 6.18 Å². The van der Waals surface area contributed by atoms with Gasteiger partial charge in [0, 0.05) is 36.1 Å². The van der Waals surface area contributed by atoms with Gasteiger partial charge in [0.2, 0.25) is 0 Å². The molecule has 1 fully saturated rings. The fourth-order valence-corrected chi connectivity index (χ4v) is 4.02. The van der Waals surface area contributed by atoms with Gasteiger partial charge in [0.1, 0.15) is 6.61 Å². The number of pyridine rings is 2. The molecule has 3 heterocycles. The topological polar surface area (TPSA) is 60.0 Å². The van der Waals surface area contributed by atoms with E-state index in [2.05, 4.69) is 16.5 Å². The van der Waals surface area contributed by atoms with Crippen molar-refractivity contribution in [2.75, 3.05) is 6.61 Å². The number of aromatic nitrogens is 3. The monoisotopic (exact) mass is 431 g/mol. The normalized spacial score (nSPS) is 19.9. The second-order valence-electron chi connectivity index (χ2n) is 7.24. The average molecular weight is 431 g/mol. The van der Waals surface area contributed by atoms with E-state index >= 15 is 0 Å². The van der Waals surface area contributed by atoms with Crippen LogP contribution in [0.5, 0.6) is 0 Å². The van der Waals surface area contributed by atoms with Crippen LogP contribution in [-0.4, -0.2) is 31.4 Å². The lowest BCUT2D eigenvalue weighted by Gasteiger charge is -2.29. The maximum absolute atomic E-state index is 13.0. The van der Waals surface area contributed by atoms with Gasteiger partial charge in [-0.2, -0.15) is 13.2 Å². The van der Waals surface area contributed by atoms with Gasteiger partial charge in [0.15, 0.2) is 23.4 Å². The molecule has 0 amide bonds. The van der Waals surface area contributed by atoms with E-state index in [-0.39, 0.29) is 17.8 Å². The van der Waals surface area contributed by atoms with Crippen LogP contribution in [0, 0.1) is 5.92 Å². The molecule has 0 bridgehead atoms. The number of aliphatic hydroxyl groups excluding tert-OH is 1. The maximum Gasteiger partial charge on any atom is 0.411 e. The first-order valence-electron chi connectivity index (χ1n) is 9.22. The van der Waals surface area contributed by atoms with Crippen molar-refractivity contribution in [1.29, 1.82) is 0 Å². The predicted molar refractivity (Wildman–Crippen MR) is 105 cm³/mol. The standard InChI is InChI=1S/C17H18FN3OS.C2H3F3O/c1-11-2-4-12(5-3-11)20-8-7-15(22)14-10-19-17-13(16(14)20)6-9-21(17)23-18;3-2(4,5)1-6/h6-12H,2-5H2,1H3;6H,1H2. The predicted octanol–water partition coefficient (Wildman–Crippen LogP) is 5.02. The van der Waals surface area contributed by atoms with E-state index in [9.17, 15) is 21.9 Å². The Balaban J connectivity index is 0.000000353. The van der Waals surface area contributed by atoms with Crippen molar-refractivity contribution >= 4 is 34.3 Å². The molecular formula is C19H21F4N3O2S. The Labute approximate surface area is 168 Å². The number of hydrogen-bond acceptors (Lipinski definition) is 4. The van der Waals surface area contributed by atoms with E-state index < -0.39 is 12.8 Å². The van der Waals surface area contributed by atoms with Crippen molar-refractivity contribution in [3.63, 3.8) is 0 Å². The third-order valence-corrected chi connectivity index (χ3v) is 5.64. The minimum atomic E-state index is -4.40. The molecule has 0 unspecified atom stereocenters. The van der Waals surface area contributed by atoms with Crippen molar-refractivity contribution in [2.45, 2.75) is 44.8 Å². The van der Waals surface area contributed by atoms with E-state index in [4.69, 9.17) is 5.11 Å². The lowest BCUT2D eigenvalue weighted by molar-refractivity contribution is -0.159. The molecule has 3 aromatic rings. The summed E-state index contributed by atoms with van der Waals surface area (Å²) in [6.45, 7) is 0.563. The van der Waals surface area contributed by atoms with Crippen molar-refractivity contribution < 1.29 is 22.2 Å². The number of rotatable bonds is 2. The Morgan fingerprint density at radius 2 is 1.83 bits per heavy atom. The SMILES string of the molecule is CC1CCC(n2ccc(=O)c3cnc4c(ccn4SF)c32)CC1.OCC(F)(F)F. The number of nitrogens with zero attached hydrogens (tertiary/aromatic N) is 3. The van der Waals surface area contributed by atoms with E-state index in [1.807, 2.05) is 12.3 Å². The van der Waals surface area contributed by atoms with E-state index in [0.29, 0.717) is 17.1 Å². The number of fused-ring (bicyclic) bond motifs is 3. The molecule has 0 spiro atoms. The molecule has 5 nitrogen and oxygen atoms in total. The summed E-state index contributed by atoms with van der Waals surface area (Å²) in [5.41, 5.74) is 1.42. The summed E-state index contributed by atoms with van der Waals surface area (Å²) in [7, 11) is 0. The van der Waals surface area contributed by atoms with Crippen LogP contribution in [0.25, 0.3) is 21.9 Å². The Hall–Kier alpha value is -2.07. The molecule has 0 radical (unpaired) electrons. The summed E-state index contributed by atoms with van der Waals surface area (Å²) in [5.74, 6) is 0.766. The van der Waals surface area contributed by atoms with Crippen molar-refractivity contribution in [3.8, 4) is 0 Å². The summed E-state index contributed by atoms with van der Waals surface area (Å²) in [6.07, 6.45) is 5.36. The van der Waals surface area contributed by atoms with Gasteiger partial charge in [-0.05, 0) is 37.7 Å². The quantitative estimate of drug-likeness (QED) is 0.579. The molecular weight excluding hydrogens is 410 g/mol. The molecule has 0 saturated heterocycles. The average Bonchev–Trinajstić information content (AvgIpc) is 3.12. The van der Waals surface area contributed by atoms with Gasteiger partial charge in [-0.3, -0.25) is 4.79 Å². The number of aliphatic hydroxyl groups is 1. The maximum atomic E-state index is 13.0. The first kappa shape index (κ1) is 21.6. The summed E-state index contributed by atoms with van der Waals surface area (Å²) in [4.78, 5) is 16.5. The first-order valence-corrected chi connectivity index (χ1v) is 9.90. The molecule has 10 heteroatoms. The molecule has 3 aromatic heterocycles. The number of halogens is 4. The molecule has 1 saturated carbocycles. The van der Waals surface area contributed by atoms with Crippen molar-refractivity contribution in [3.05, 3.63) is 40.9 Å². The fraction of sp³-hybridized carbons (Fsp3) is 0.474. The largest absolute Gasteiger partial charge is 0.411 e. The van der Waals surface area contributed by atoms with Crippen LogP contribution in [0.4, 0.5) is 17.1 Å². The summed E-state index contributed by atoms with van der Waals surface area (Å²) in [6, 6.07) is 3.86. The zero-order valence-electron chi connectivity index (χ0n) is 15.7. The summed E-state index contributed by atoms with van der Waals surface area (Å²) >= 11 is 0.126. The number of alkyl halides is 3. The third kappa shape index (κ3) is 4.75. The second kappa shape index (κ2) is 8.74. The lowest BCUT2D eigenvalue weighted by atomic mass is 9.87. The Bertz CT molecular complexity index is 1040. The third-order valence-electron chi connectivity index (χ3n) is 5.19. The van der Waals surface area contributed by atoms with Crippen LogP contribution in [0.15, 0.2) is 35.5 Å². The molecule has 0 atom stereocenters. The van der Waals surface area contributed by atoms with E-state index in [0.717, 1.165) is 29.7 Å². The van der Waals surface area contributed by atoms with Crippen LogP contribution >= 0.6 is 12.3 Å². The molecule has 0 aromatic carbocycles. The van der Waals surface area contributed by atoms with Crippen molar-refractivity contribution in [1.82, 2.24) is 13.5 Å². The van der Waals surface area contributed by atoms with Gasteiger partial charge in [0.05, 0.1) is 10.9 Å². The Morgan fingerprint density at radius 3 is 2.41 bits per heavy atom. The first-order chi connectivity index (χ1) is 13.7. The second-order valence-corrected chi connectivity index (χ2v) is 7.77. The van der Waals surface area contributed by atoms with Crippen LogP contribution in [0.2, 0.25) is 0 Å². The highest BCUT2D eigenvalue weighted by atomic mass is 32.2. The molecule has 29 heavy (non-hydrogen) atoms. The van der Waals surface area contributed by atoms with E-state index in [1.54, 1.807) is 18.5 Å². The molecule has 4 rings (SSSR count). The Kier molecular flexibility index (Phi) is 6.52. The van der Waals surface area contributed by atoms with Gasteiger partial charge in [-0.25, -0.2) is 8.96 Å². The van der Waals surface area contributed by atoms with Crippen LogP contribution in [-0.2, 0) is 0 Å². The van der Waals surface area contributed by atoms with Gasteiger partial charge in [0.25, 0.3) is 0 Å². The highest BCUT2D eigenvalue weighted by Gasteiger charge is 2.24. The van der Waals surface area contributed by atoms with Gasteiger partial charge in [-0.15, -0.1) is 3.89 Å². The minimum Gasteiger partial charge on any atom is -0.387 e. The summed E-state index contributed by atoms with van der Waals surface area (Å²) < 4.78 is 48.2. The molecule has 1 N–H and O–H groups in total. The molecule has 1 aliphatic rings. The zero-order valence-corrected chi connectivity index (χ0v) is 16.5. The van der Waals surface area contributed by atoms with Crippen LogP contribution < -0.4 is 5.43 Å². The summed E-state index contributed by atoms with van der Waals surface area (Å²) in [5, 5.41) is 8.73. The highest BCUT2D eigenvalue weighted by molar-refractivity contribution is 7.92. The number of hydrogen-bond donors (Lipinski definition) is 1.